The molecule has 1 aliphatic rings. The third kappa shape index (κ3) is 3.26. The zero-order chi connectivity index (χ0) is 17.2. The van der Waals surface area contributed by atoms with E-state index in [1.165, 1.54) is 6.42 Å². The molecule has 3 rings (SSSR count). The van der Waals surface area contributed by atoms with Crippen LogP contribution in [0.1, 0.15) is 49.5 Å². The number of carbonyl (C=O) groups excluding carboxylic acids is 1. The Morgan fingerprint density at radius 2 is 2.21 bits per heavy atom. The topological polar surface area (TPSA) is 67.2 Å². The lowest BCUT2D eigenvalue weighted by molar-refractivity contribution is -0.129. The summed E-state index contributed by atoms with van der Waals surface area (Å²) >= 11 is 1.65. The van der Waals surface area contributed by atoms with Crippen LogP contribution in [0.3, 0.4) is 0 Å². The van der Waals surface area contributed by atoms with Crippen LogP contribution in [0.2, 0.25) is 0 Å². The molecule has 0 aromatic carbocycles. The molecule has 2 aromatic heterocycles. The fourth-order valence-electron chi connectivity index (χ4n) is 3.51. The van der Waals surface area contributed by atoms with Gasteiger partial charge in [-0.2, -0.15) is 5.10 Å². The first kappa shape index (κ1) is 17.2. The van der Waals surface area contributed by atoms with Crippen LogP contribution in [0.5, 0.6) is 0 Å². The number of hydrogen-bond donors (Lipinski definition) is 2. The minimum atomic E-state index is -1.13. The highest BCUT2D eigenvalue weighted by molar-refractivity contribution is 7.10. The van der Waals surface area contributed by atoms with E-state index >= 15 is 0 Å². The number of aryl methyl sites for hydroxylation is 1. The van der Waals surface area contributed by atoms with Gasteiger partial charge in [-0.25, -0.2) is 0 Å². The third-order valence-electron chi connectivity index (χ3n) is 5.05. The molecule has 1 saturated carbocycles. The SMILES string of the molecule is Cn1cc([C@](C)(O)CNC(=O)C2(c3cccs3)CCCCC2)cn1. The molecule has 0 spiro atoms. The van der Waals surface area contributed by atoms with Gasteiger partial charge in [0.25, 0.3) is 0 Å². The number of aliphatic hydroxyl groups is 1. The van der Waals surface area contributed by atoms with Gasteiger partial charge in [-0.05, 0) is 31.2 Å². The zero-order valence-corrected chi connectivity index (χ0v) is 15.1. The highest BCUT2D eigenvalue weighted by Crippen LogP contribution is 2.41. The standard InChI is InChI=1S/C18H25N3O2S/c1-17(23,14-11-20-21(2)12-14)13-19-16(22)18(8-4-3-5-9-18)15-7-6-10-24-15/h6-7,10-12,23H,3-5,8-9,13H2,1-2H3,(H,19,22)/t17-/m1/s1. The maximum atomic E-state index is 13.1. The van der Waals surface area contributed by atoms with Crippen molar-refractivity contribution in [1.29, 1.82) is 0 Å². The van der Waals surface area contributed by atoms with E-state index in [9.17, 15) is 9.90 Å². The molecule has 2 N–H and O–H groups in total. The number of aromatic nitrogens is 2. The van der Waals surface area contributed by atoms with Crippen molar-refractivity contribution in [1.82, 2.24) is 15.1 Å². The van der Waals surface area contributed by atoms with Crippen molar-refractivity contribution in [3.05, 3.63) is 40.3 Å². The van der Waals surface area contributed by atoms with Gasteiger partial charge in [-0.3, -0.25) is 9.48 Å². The molecule has 1 fully saturated rings. The molecule has 0 saturated heterocycles. The van der Waals surface area contributed by atoms with Gasteiger partial charge in [0.1, 0.15) is 5.60 Å². The minimum absolute atomic E-state index is 0.0359. The first-order chi connectivity index (χ1) is 11.4. The van der Waals surface area contributed by atoms with E-state index in [4.69, 9.17) is 0 Å². The average molecular weight is 347 g/mol. The lowest BCUT2D eigenvalue weighted by Crippen LogP contribution is -2.49. The summed E-state index contributed by atoms with van der Waals surface area (Å²) in [5, 5.41) is 19.8. The van der Waals surface area contributed by atoms with E-state index < -0.39 is 11.0 Å². The van der Waals surface area contributed by atoms with Gasteiger partial charge in [-0.15, -0.1) is 11.3 Å². The molecule has 2 aromatic rings. The second-order valence-electron chi connectivity index (χ2n) is 6.98. The number of amides is 1. The Hall–Kier alpha value is -1.66. The molecule has 1 aliphatic carbocycles. The molecule has 0 bridgehead atoms. The summed E-state index contributed by atoms with van der Waals surface area (Å²) in [5.41, 5.74) is -0.855. The van der Waals surface area contributed by atoms with Crippen LogP contribution < -0.4 is 5.32 Å². The van der Waals surface area contributed by atoms with E-state index in [0.717, 1.165) is 30.6 Å². The van der Waals surface area contributed by atoms with Gasteiger partial charge in [0, 0.05) is 23.7 Å². The molecule has 130 valence electrons. The Labute approximate surface area is 146 Å². The number of nitrogens with zero attached hydrogens (tertiary/aromatic N) is 2. The van der Waals surface area contributed by atoms with Crippen LogP contribution in [0.4, 0.5) is 0 Å². The number of nitrogens with one attached hydrogen (secondary N) is 1. The monoisotopic (exact) mass is 347 g/mol. The highest BCUT2D eigenvalue weighted by atomic mass is 32.1. The van der Waals surface area contributed by atoms with Crippen LogP contribution in [0, 0.1) is 0 Å². The zero-order valence-electron chi connectivity index (χ0n) is 14.3. The van der Waals surface area contributed by atoms with Gasteiger partial charge in [0.05, 0.1) is 18.2 Å². The molecule has 0 aliphatic heterocycles. The summed E-state index contributed by atoms with van der Waals surface area (Å²) in [4.78, 5) is 14.2. The lowest BCUT2D eigenvalue weighted by Gasteiger charge is -2.36. The number of hydrogen-bond acceptors (Lipinski definition) is 4. The van der Waals surface area contributed by atoms with E-state index in [2.05, 4.69) is 16.5 Å². The van der Waals surface area contributed by atoms with Gasteiger partial charge in [0.2, 0.25) is 5.91 Å². The Morgan fingerprint density at radius 3 is 2.79 bits per heavy atom. The Kier molecular flexibility index (Phi) is 4.78. The van der Waals surface area contributed by atoms with Crippen LogP contribution >= 0.6 is 11.3 Å². The molecule has 1 amide bonds. The Bertz CT molecular complexity index is 685. The second kappa shape index (κ2) is 6.69. The minimum Gasteiger partial charge on any atom is -0.383 e. The Balaban J connectivity index is 1.75. The summed E-state index contributed by atoms with van der Waals surface area (Å²) in [6.07, 6.45) is 8.52. The lowest BCUT2D eigenvalue weighted by atomic mass is 9.72. The molecule has 0 radical (unpaired) electrons. The number of carbonyl (C=O) groups is 1. The summed E-state index contributed by atoms with van der Waals surface area (Å²) in [7, 11) is 1.81. The smallest absolute Gasteiger partial charge is 0.231 e. The van der Waals surface area contributed by atoms with E-state index in [1.54, 1.807) is 35.3 Å². The first-order valence-electron chi connectivity index (χ1n) is 8.48. The normalized spacial score (nSPS) is 19.6. The molecule has 5 nitrogen and oxygen atoms in total. The van der Waals surface area contributed by atoms with Crippen molar-refractivity contribution < 1.29 is 9.90 Å². The molecule has 6 heteroatoms. The van der Waals surface area contributed by atoms with Crippen molar-refractivity contribution in [3.63, 3.8) is 0 Å². The molecule has 0 unspecified atom stereocenters. The third-order valence-corrected chi connectivity index (χ3v) is 6.13. The quantitative estimate of drug-likeness (QED) is 0.874. The highest BCUT2D eigenvalue weighted by Gasteiger charge is 2.42. The first-order valence-corrected chi connectivity index (χ1v) is 9.36. The molecule has 1 atom stereocenters. The van der Waals surface area contributed by atoms with Crippen molar-refractivity contribution in [2.75, 3.05) is 6.54 Å². The van der Waals surface area contributed by atoms with Crippen molar-refractivity contribution >= 4 is 17.2 Å². The van der Waals surface area contributed by atoms with Gasteiger partial charge < -0.3 is 10.4 Å². The van der Waals surface area contributed by atoms with E-state index in [-0.39, 0.29) is 12.5 Å². The van der Waals surface area contributed by atoms with Crippen LogP contribution in [-0.4, -0.2) is 27.3 Å². The Morgan fingerprint density at radius 1 is 1.46 bits per heavy atom. The van der Waals surface area contributed by atoms with Gasteiger partial charge in [-0.1, -0.05) is 25.3 Å². The predicted octanol–water partition coefficient (Wildman–Crippen LogP) is 2.71. The van der Waals surface area contributed by atoms with Crippen molar-refractivity contribution in [2.45, 2.75) is 50.0 Å². The molecule has 2 heterocycles. The van der Waals surface area contributed by atoms with Crippen molar-refractivity contribution in [2.24, 2.45) is 7.05 Å². The number of rotatable bonds is 5. The van der Waals surface area contributed by atoms with E-state index in [1.807, 2.05) is 18.5 Å². The fourth-order valence-corrected chi connectivity index (χ4v) is 4.50. The maximum Gasteiger partial charge on any atom is 0.231 e. The van der Waals surface area contributed by atoms with Gasteiger partial charge >= 0.3 is 0 Å². The van der Waals surface area contributed by atoms with Crippen LogP contribution in [0.25, 0.3) is 0 Å². The average Bonchev–Trinajstić information content (AvgIpc) is 3.25. The van der Waals surface area contributed by atoms with E-state index in [0.29, 0.717) is 5.56 Å². The summed E-state index contributed by atoms with van der Waals surface area (Å²) in [6.45, 7) is 1.90. The molecule has 24 heavy (non-hydrogen) atoms. The van der Waals surface area contributed by atoms with Gasteiger partial charge in [0.15, 0.2) is 0 Å². The summed E-state index contributed by atoms with van der Waals surface area (Å²) in [5.74, 6) is 0.0359. The molecular formula is C18H25N3O2S. The van der Waals surface area contributed by atoms with Crippen molar-refractivity contribution in [3.8, 4) is 0 Å². The number of thiophene rings is 1. The second-order valence-corrected chi connectivity index (χ2v) is 7.93. The van der Waals surface area contributed by atoms with Crippen LogP contribution in [-0.2, 0) is 22.9 Å². The van der Waals surface area contributed by atoms with Crippen LogP contribution in [0.15, 0.2) is 29.9 Å². The maximum absolute atomic E-state index is 13.1. The largest absolute Gasteiger partial charge is 0.383 e. The fraction of sp³-hybridized carbons (Fsp3) is 0.556. The predicted molar refractivity (Wildman–Crippen MR) is 94.9 cm³/mol. The summed E-state index contributed by atoms with van der Waals surface area (Å²) < 4.78 is 1.65. The summed E-state index contributed by atoms with van der Waals surface area (Å²) in [6, 6.07) is 4.07. The molecular weight excluding hydrogens is 322 g/mol.